The first-order chi connectivity index (χ1) is 17.1. The molecule has 0 aliphatic heterocycles. The lowest BCUT2D eigenvalue weighted by Gasteiger charge is -2.09. The maximum Gasteiger partial charge on any atom is 0.387 e. The summed E-state index contributed by atoms with van der Waals surface area (Å²) < 4.78 is 40.6. The first-order valence-corrected chi connectivity index (χ1v) is 10.7. The van der Waals surface area contributed by atoms with Crippen LogP contribution in [0.2, 0.25) is 0 Å². The van der Waals surface area contributed by atoms with E-state index in [4.69, 9.17) is 9.15 Å². The molecule has 0 bridgehead atoms. The molecule has 0 amide bonds. The van der Waals surface area contributed by atoms with Crippen molar-refractivity contribution in [1.29, 1.82) is 0 Å². The van der Waals surface area contributed by atoms with Crippen molar-refractivity contribution in [3.05, 3.63) is 114 Å². The fraction of sp³-hybridized carbons (Fsp3) is 0.0741. The van der Waals surface area contributed by atoms with Gasteiger partial charge in [-0.25, -0.2) is 4.98 Å². The molecule has 174 valence electrons. The van der Waals surface area contributed by atoms with Crippen molar-refractivity contribution in [2.24, 2.45) is 0 Å². The standard InChI is InChI=1S/C27H19F2N3O3/c28-27(29)35-23-11-5-18(6-12-23)15-24(26-32-30-17-34-26)19-8-13-22(14-9-19)33-16-21-10-7-20-3-1-2-4-25(20)31-21/h1-15,17,27H,16H2. The Labute approximate surface area is 199 Å². The summed E-state index contributed by atoms with van der Waals surface area (Å²) in [5.74, 6) is 1.09. The molecule has 2 heterocycles. The number of halogens is 2. The molecule has 0 radical (unpaired) electrons. The molecule has 0 atom stereocenters. The summed E-state index contributed by atoms with van der Waals surface area (Å²) in [5.41, 5.74) is 4.00. The van der Waals surface area contributed by atoms with Crippen LogP contribution in [0.3, 0.4) is 0 Å². The predicted octanol–water partition coefficient (Wildman–Crippen LogP) is 6.39. The van der Waals surface area contributed by atoms with Gasteiger partial charge in [-0.3, -0.25) is 0 Å². The summed E-state index contributed by atoms with van der Waals surface area (Å²) in [5, 5.41) is 8.87. The van der Waals surface area contributed by atoms with Crippen LogP contribution >= 0.6 is 0 Å². The Morgan fingerprint density at radius 1 is 0.886 bits per heavy atom. The largest absolute Gasteiger partial charge is 0.487 e. The van der Waals surface area contributed by atoms with Crippen LogP contribution in [0.15, 0.2) is 95.7 Å². The van der Waals surface area contributed by atoms with E-state index in [1.165, 1.54) is 18.5 Å². The van der Waals surface area contributed by atoms with E-state index >= 15 is 0 Å². The summed E-state index contributed by atoms with van der Waals surface area (Å²) in [6.45, 7) is -2.54. The average Bonchev–Trinajstić information content (AvgIpc) is 3.42. The van der Waals surface area contributed by atoms with E-state index in [1.807, 2.05) is 66.7 Å². The number of alkyl halides is 2. The molecule has 8 heteroatoms. The van der Waals surface area contributed by atoms with Crippen molar-refractivity contribution in [2.45, 2.75) is 13.2 Å². The van der Waals surface area contributed by atoms with Crippen molar-refractivity contribution < 1.29 is 22.7 Å². The summed E-state index contributed by atoms with van der Waals surface area (Å²) >= 11 is 0. The number of pyridine rings is 1. The predicted molar refractivity (Wildman–Crippen MR) is 127 cm³/mol. The number of para-hydroxylation sites is 1. The van der Waals surface area contributed by atoms with Crippen molar-refractivity contribution in [3.8, 4) is 11.5 Å². The number of nitrogens with zero attached hydrogens (tertiary/aromatic N) is 3. The highest BCUT2D eigenvalue weighted by Gasteiger charge is 2.12. The number of rotatable bonds is 8. The molecular formula is C27H19F2N3O3. The molecule has 0 spiro atoms. The average molecular weight is 471 g/mol. The molecule has 2 aromatic heterocycles. The first kappa shape index (κ1) is 22.2. The van der Waals surface area contributed by atoms with Crippen LogP contribution in [0.5, 0.6) is 11.5 Å². The monoisotopic (exact) mass is 471 g/mol. The zero-order valence-electron chi connectivity index (χ0n) is 18.3. The van der Waals surface area contributed by atoms with Gasteiger partial charge in [0.15, 0.2) is 0 Å². The third-order valence-electron chi connectivity index (χ3n) is 5.21. The lowest BCUT2D eigenvalue weighted by molar-refractivity contribution is -0.0498. The van der Waals surface area contributed by atoms with Gasteiger partial charge >= 0.3 is 6.61 Å². The zero-order chi connectivity index (χ0) is 24.0. The quantitative estimate of drug-likeness (QED) is 0.244. The van der Waals surface area contributed by atoms with E-state index < -0.39 is 6.61 Å². The molecule has 0 fully saturated rings. The van der Waals surface area contributed by atoms with Crippen LogP contribution in [-0.4, -0.2) is 21.8 Å². The minimum Gasteiger partial charge on any atom is -0.487 e. The van der Waals surface area contributed by atoms with Gasteiger partial charge in [-0.05, 0) is 53.6 Å². The summed E-state index contributed by atoms with van der Waals surface area (Å²) in [7, 11) is 0. The SMILES string of the molecule is FC(F)Oc1ccc(C=C(c2ccc(OCc3ccc4ccccc4n3)cc2)c2nnco2)cc1. The molecule has 6 nitrogen and oxygen atoms in total. The maximum absolute atomic E-state index is 12.4. The molecule has 0 aliphatic carbocycles. The van der Waals surface area contributed by atoms with Crippen LogP contribution < -0.4 is 9.47 Å². The second-order valence-electron chi connectivity index (χ2n) is 7.56. The van der Waals surface area contributed by atoms with Gasteiger partial charge in [0.2, 0.25) is 12.3 Å². The third kappa shape index (κ3) is 5.50. The van der Waals surface area contributed by atoms with Crippen molar-refractivity contribution in [2.75, 3.05) is 0 Å². The van der Waals surface area contributed by atoms with Gasteiger partial charge in [0.1, 0.15) is 18.1 Å². The highest BCUT2D eigenvalue weighted by Crippen LogP contribution is 2.27. The van der Waals surface area contributed by atoms with E-state index in [0.717, 1.165) is 27.7 Å². The number of fused-ring (bicyclic) bond motifs is 1. The van der Waals surface area contributed by atoms with Crippen LogP contribution in [-0.2, 0) is 6.61 Å². The van der Waals surface area contributed by atoms with E-state index in [1.54, 1.807) is 12.1 Å². The molecule has 0 saturated carbocycles. The van der Waals surface area contributed by atoms with Gasteiger partial charge in [-0.15, -0.1) is 10.2 Å². The van der Waals surface area contributed by atoms with Gasteiger partial charge in [0.05, 0.1) is 11.2 Å². The van der Waals surface area contributed by atoms with Crippen LogP contribution in [0.25, 0.3) is 22.6 Å². The Hall–Kier alpha value is -4.59. The Bertz CT molecular complexity index is 1440. The fourth-order valence-corrected chi connectivity index (χ4v) is 3.55. The lowest BCUT2D eigenvalue weighted by atomic mass is 10.0. The second-order valence-corrected chi connectivity index (χ2v) is 7.56. The van der Waals surface area contributed by atoms with E-state index in [0.29, 0.717) is 23.8 Å². The number of ether oxygens (including phenoxy) is 2. The fourth-order valence-electron chi connectivity index (χ4n) is 3.55. The molecule has 0 unspecified atom stereocenters. The molecule has 3 aromatic carbocycles. The highest BCUT2D eigenvalue weighted by atomic mass is 19.3. The van der Waals surface area contributed by atoms with Crippen LogP contribution in [0.1, 0.15) is 22.7 Å². The van der Waals surface area contributed by atoms with E-state index in [2.05, 4.69) is 19.9 Å². The second kappa shape index (κ2) is 10.1. The van der Waals surface area contributed by atoms with Gasteiger partial charge in [0.25, 0.3) is 0 Å². The van der Waals surface area contributed by atoms with Gasteiger partial charge in [-0.2, -0.15) is 8.78 Å². The topological polar surface area (TPSA) is 70.3 Å². The summed E-state index contributed by atoms with van der Waals surface area (Å²) in [6, 6.07) is 25.6. The van der Waals surface area contributed by atoms with E-state index in [-0.39, 0.29) is 5.75 Å². The number of hydrogen-bond donors (Lipinski definition) is 0. The first-order valence-electron chi connectivity index (χ1n) is 10.7. The zero-order valence-corrected chi connectivity index (χ0v) is 18.3. The Morgan fingerprint density at radius 3 is 2.40 bits per heavy atom. The molecule has 0 N–H and O–H groups in total. The Kier molecular flexibility index (Phi) is 6.43. The number of hydrogen-bond acceptors (Lipinski definition) is 6. The molecule has 5 aromatic rings. The molecular weight excluding hydrogens is 452 g/mol. The van der Waals surface area contributed by atoms with Crippen molar-refractivity contribution in [1.82, 2.24) is 15.2 Å². The minimum atomic E-state index is -2.87. The van der Waals surface area contributed by atoms with Crippen LogP contribution in [0, 0.1) is 0 Å². The molecule has 0 saturated heterocycles. The number of aromatic nitrogens is 3. The normalized spacial score (nSPS) is 11.7. The Morgan fingerprint density at radius 2 is 1.66 bits per heavy atom. The molecule has 35 heavy (non-hydrogen) atoms. The maximum atomic E-state index is 12.4. The van der Waals surface area contributed by atoms with Gasteiger partial charge < -0.3 is 13.9 Å². The summed E-state index contributed by atoms with van der Waals surface area (Å²) in [6.07, 6.45) is 3.07. The highest BCUT2D eigenvalue weighted by molar-refractivity contribution is 5.88. The van der Waals surface area contributed by atoms with Crippen molar-refractivity contribution in [3.63, 3.8) is 0 Å². The Balaban J connectivity index is 1.34. The summed E-state index contributed by atoms with van der Waals surface area (Å²) in [4.78, 5) is 4.63. The molecule has 5 rings (SSSR count). The van der Waals surface area contributed by atoms with Crippen molar-refractivity contribution >= 4 is 22.6 Å². The van der Waals surface area contributed by atoms with Crippen LogP contribution in [0.4, 0.5) is 8.78 Å². The smallest absolute Gasteiger partial charge is 0.387 e. The van der Waals surface area contributed by atoms with E-state index in [9.17, 15) is 8.78 Å². The minimum absolute atomic E-state index is 0.0823. The van der Waals surface area contributed by atoms with Gasteiger partial charge in [-0.1, -0.05) is 48.5 Å². The third-order valence-corrected chi connectivity index (χ3v) is 5.21. The molecule has 0 aliphatic rings. The lowest BCUT2D eigenvalue weighted by Crippen LogP contribution is -2.01. The number of benzene rings is 3. The van der Waals surface area contributed by atoms with Gasteiger partial charge in [0, 0.05) is 11.0 Å².